The minimum atomic E-state index is 0.187. The van der Waals surface area contributed by atoms with Crippen LogP contribution in [0.2, 0.25) is 0 Å². The van der Waals surface area contributed by atoms with Gasteiger partial charge in [-0.2, -0.15) is 0 Å². The lowest BCUT2D eigenvalue weighted by atomic mass is 9.70. The van der Waals surface area contributed by atoms with Crippen molar-refractivity contribution in [3.05, 3.63) is 28.2 Å². The Balaban J connectivity index is 2.46. The molecule has 1 aromatic rings. The van der Waals surface area contributed by atoms with Crippen LogP contribution in [0.1, 0.15) is 24.8 Å². The number of hydrogen-bond donors (Lipinski definition) is 0. The van der Waals surface area contributed by atoms with E-state index in [0.29, 0.717) is 0 Å². The van der Waals surface area contributed by atoms with Crippen molar-refractivity contribution in [2.45, 2.75) is 24.8 Å². The van der Waals surface area contributed by atoms with Gasteiger partial charge in [-0.15, -0.1) is 0 Å². The first kappa shape index (κ1) is 11.9. The largest absolute Gasteiger partial charge is 0.496 e. The molecule has 1 saturated carbocycles. The lowest BCUT2D eigenvalue weighted by molar-refractivity contribution is 0.0550. The summed E-state index contributed by atoms with van der Waals surface area (Å²) < 4.78 is 6.57. The summed E-state index contributed by atoms with van der Waals surface area (Å²) in [6, 6.07) is 6.34. The van der Waals surface area contributed by atoms with Crippen molar-refractivity contribution in [1.29, 1.82) is 0 Å². The van der Waals surface area contributed by atoms with Crippen LogP contribution >= 0.6 is 15.9 Å². The molecule has 1 aliphatic carbocycles. The Hall–Kier alpha value is -0.540. The van der Waals surface area contributed by atoms with Gasteiger partial charge < -0.3 is 4.74 Å². The third-order valence-electron chi connectivity index (χ3n) is 3.70. The highest BCUT2D eigenvalue weighted by atomic mass is 79.9. The van der Waals surface area contributed by atoms with Gasteiger partial charge >= 0.3 is 0 Å². The standard InChI is InChI=1S/C13H18BrNO/c1-15(2)13(7-4-8-13)11-6-5-10(14)9-12(11)16-3/h5-6,9H,4,7-8H2,1-3H3. The van der Waals surface area contributed by atoms with E-state index < -0.39 is 0 Å². The lowest BCUT2D eigenvalue weighted by Crippen LogP contribution is -2.47. The highest BCUT2D eigenvalue weighted by Gasteiger charge is 2.42. The molecule has 2 nitrogen and oxygen atoms in total. The zero-order valence-electron chi connectivity index (χ0n) is 10.1. The maximum Gasteiger partial charge on any atom is 0.125 e. The van der Waals surface area contributed by atoms with Crippen LogP contribution in [0.25, 0.3) is 0 Å². The zero-order valence-corrected chi connectivity index (χ0v) is 11.7. The van der Waals surface area contributed by atoms with Gasteiger partial charge in [-0.05, 0) is 45.5 Å². The molecular weight excluding hydrogens is 266 g/mol. The molecule has 0 aromatic heterocycles. The Morgan fingerprint density at radius 3 is 2.44 bits per heavy atom. The fraction of sp³-hybridized carbons (Fsp3) is 0.538. The summed E-state index contributed by atoms with van der Waals surface area (Å²) in [6.07, 6.45) is 3.74. The minimum Gasteiger partial charge on any atom is -0.496 e. The van der Waals surface area contributed by atoms with Crippen molar-refractivity contribution in [1.82, 2.24) is 4.90 Å². The van der Waals surface area contributed by atoms with Crippen molar-refractivity contribution < 1.29 is 4.74 Å². The van der Waals surface area contributed by atoms with Crippen molar-refractivity contribution in [3.63, 3.8) is 0 Å². The highest BCUT2D eigenvalue weighted by molar-refractivity contribution is 9.10. The average Bonchev–Trinajstić information content (AvgIpc) is 2.17. The predicted octanol–water partition coefficient (Wildman–Crippen LogP) is 3.40. The second-order valence-electron chi connectivity index (χ2n) is 4.62. The molecule has 0 saturated heterocycles. The summed E-state index contributed by atoms with van der Waals surface area (Å²) in [5.74, 6) is 0.989. The normalized spacial score (nSPS) is 18.3. The molecule has 0 amide bonds. The quantitative estimate of drug-likeness (QED) is 0.843. The number of benzene rings is 1. The number of halogens is 1. The Morgan fingerprint density at radius 2 is 2.00 bits per heavy atom. The second kappa shape index (κ2) is 4.38. The van der Waals surface area contributed by atoms with Crippen LogP contribution in [0.4, 0.5) is 0 Å². The SMILES string of the molecule is COc1cc(Br)ccc1C1(N(C)C)CCC1. The van der Waals surface area contributed by atoms with E-state index in [9.17, 15) is 0 Å². The number of ether oxygens (including phenoxy) is 1. The van der Waals surface area contributed by atoms with Crippen LogP contribution < -0.4 is 4.74 Å². The molecule has 0 unspecified atom stereocenters. The maximum absolute atomic E-state index is 5.50. The predicted molar refractivity (Wildman–Crippen MR) is 69.9 cm³/mol. The first-order chi connectivity index (χ1) is 7.60. The third-order valence-corrected chi connectivity index (χ3v) is 4.19. The topological polar surface area (TPSA) is 12.5 Å². The Morgan fingerprint density at radius 1 is 1.31 bits per heavy atom. The van der Waals surface area contributed by atoms with Gasteiger partial charge in [0.15, 0.2) is 0 Å². The van der Waals surface area contributed by atoms with Crippen molar-refractivity contribution in [3.8, 4) is 5.75 Å². The van der Waals surface area contributed by atoms with Crippen molar-refractivity contribution >= 4 is 15.9 Å². The van der Waals surface area contributed by atoms with E-state index in [-0.39, 0.29) is 5.54 Å². The van der Waals surface area contributed by atoms with Gasteiger partial charge in [-0.25, -0.2) is 0 Å². The number of hydrogen-bond acceptors (Lipinski definition) is 2. The summed E-state index contributed by atoms with van der Waals surface area (Å²) in [5, 5.41) is 0. The van der Waals surface area contributed by atoms with E-state index in [2.05, 4.69) is 53.1 Å². The number of nitrogens with zero attached hydrogens (tertiary/aromatic N) is 1. The van der Waals surface area contributed by atoms with Gasteiger partial charge in [0, 0.05) is 15.6 Å². The van der Waals surface area contributed by atoms with Gasteiger partial charge in [-0.1, -0.05) is 22.0 Å². The van der Waals surface area contributed by atoms with Crippen LogP contribution in [-0.4, -0.2) is 26.1 Å². The molecule has 0 heterocycles. The van der Waals surface area contributed by atoms with E-state index >= 15 is 0 Å². The van der Waals surface area contributed by atoms with Gasteiger partial charge in [0.1, 0.15) is 5.75 Å². The molecular formula is C13H18BrNO. The molecule has 1 aliphatic rings. The van der Waals surface area contributed by atoms with E-state index in [1.165, 1.54) is 24.8 Å². The zero-order chi connectivity index (χ0) is 11.8. The van der Waals surface area contributed by atoms with Crippen LogP contribution in [0.15, 0.2) is 22.7 Å². The van der Waals surface area contributed by atoms with Crippen molar-refractivity contribution in [2.24, 2.45) is 0 Å². The van der Waals surface area contributed by atoms with Gasteiger partial charge in [-0.3, -0.25) is 4.90 Å². The van der Waals surface area contributed by atoms with E-state index in [4.69, 9.17) is 4.74 Å². The molecule has 2 rings (SSSR count). The minimum absolute atomic E-state index is 0.187. The fourth-order valence-electron chi connectivity index (χ4n) is 2.52. The molecule has 3 heteroatoms. The molecule has 0 bridgehead atoms. The van der Waals surface area contributed by atoms with E-state index in [1.54, 1.807) is 7.11 Å². The van der Waals surface area contributed by atoms with Gasteiger partial charge in [0.05, 0.1) is 7.11 Å². The van der Waals surface area contributed by atoms with Crippen molar-refractivity contribution in [2.75, 3.05) is 21.2 Å². The first-order valence-electron chi connectivity index (χ1n) is 5.61. The summed E-state index contributed by atoms with van der Waals surface area (Å²) in [4.78, 5) is 2.32. The maximum atomic E-state index is 5.50. The van der Waals surface area contributed by atoms with E-state index in [1.807, 2.05) is 0 Å². The summed E-state index contributed by atoms with van der Waals surface area (Å²) in [6.45, 7) is 0. The summed E-state index contributed by atoms with van der Waals surface area (Å²) >= 11 is 3.49. The molecule has 0 aliphatic heterocycles. The molecule has 88 valence electrons. The monoisotopic (exact) mass is 283 g/mol. The Kier molecular flexibility index (Phi) is 3.27. The average molecular weight is 284 g/mol. The Labute approximate surface area is 106 Å². The molecule has 0 atom stereocenters. The van der Waals surface area contributed by atoms with Crippen LogP contribution in [0, 0.1) is 0 Å². The van der Waals surface area contributed by atoms with Crippen LogP contribution in [-0.2, 0) is 5.54 Å². The molecule has 0 N–H and O–H groups in total. The summed E-state index contributed by atoms with van der Waals surface area (Å²) in [5.41, 5.74) is 1.50. The second-order valence-corrected chi connectivity index (χ2v) is 5.54. The van der Waals surface area contributed by atoms with Crippen LogP contribution in [0.5, 0.6) is 5.75 Å². The Bertz CT molecular complexity index is 386. The fourth-order valence-corrected chi connectivity index (χ4v) is 2.86. The molecule has 16 heavy (non-hydrogen) atoms. The summed E-state index contributed by atoms with van der Waals surface area (Å²) in [7, 11) is 6.05. The molecule has 0 spiro atoms. The van der Waals surface area contributed by atoms with Gasteiger partial charge in [0.2, 0.25) is 0 Å². The molecule has 0 radical (unpaired) electrons. The third kappa shape index (κ3) is 1.76. The molecule has 1 aromatic carbocycles. The lowest BCUT2D eigenvalue weighted by Gasteiger charge is -2.48. The smallest absolute Gasteiger partial charge is 0.125 e. The van der Waals surface area contributed by atoms with Gasteiger partial charge in [0.25, 0.3) is 0 Å². The molecule has 1 fully saturated rings. The first-order valence-corrected chi connectivity index (χ1v) is 6.41. The highest BCUT2D eigenvalue weighted by Crippen LogP contribution is 2.48. The van der Waals surface area contributed by atoms with Crippen LogP contribution in [0.3, 0.4) is 0 Å². The number of rotatable bonds is 3. The van der Waals surface area contributed by atoms with E-state index in [0.717, 1.165) is 10.2 Å². The number of methoxy groups -OCH3 is 1.